The fourth-order valence-corrected chi connectivity index (χ4v) is 2.69. The van der Waals surface area contributed by atoms with Crippen LogP contribution in [0.2, 0.25) is 0 Å². The third-order valence-corrected chi connectivity index (χ3v) is 4.04. The summed E-state index contributed by atoms with van der Waals surface area (Å²) in [5.41, 5.74) is 3.59. The van der Waals surface area contributed by atoms with Crippen LogP contribution in [0.3, 0.4) is 0 Å². The number of carbonyl (C=O) groups is 2. The summed E-state index contributed by atoms with van der Waals surface area (Å²) in [4.78, 5) is 26.0. The molecule has 0 unspecified atom stereocenters. The normalized spacial score (nSPS) is 11.1. The lowest BCUT2D eigenvalue weighted by Gasteiger charge is -2.24. The standard InChI is InChI=1S/C21H26N2O2/c1-15-10-12-17(13-11-15)23(16(2)24)14-20(25)22-19-9-7-6-8-18(19)21(3,4)5/h6-13H,14H2,1-5H3,(H,22,25). The highest BCUT2D eigenvalue weighted by atomic mass is 16.2. The van der Waals surface area contributed by atoms with E-state index in [0.29, 0.717) is 0 Å². The van der Waals surface area contributed by atoms with Crippen molar-refractivity contribution < 1.29 is 9.59 Å². The highest BCUT2D eigenvalue weighted by Crippen LogP contribution is 2.29. The topological polar surface area (TPSA) is 49.4 Å². The highest BCUT2D eigenvalue weighted by Gasteiger charge is 2.20. The smallest absolute Gasteiger partial charge is 0.244 e. The summed E-state index contributed by atoms with van der Waals surface area (Å²) in [6, 6.07) is 15.3. The number of hydrogen-bond acceptors (Lipinski definition) is 2. The lowest BCUT2D eigenvalue weighted by molar-refractivity contribution is -0.120. The Hall–Kier alpha value is -2.62. The van der Waals surface area contributed by atoms with Crippen LogP contribution in [-0.4, -0.2) is 18.4 Å². The second-order valence-electron chi connectivity index (χ2n) is 7.28. The zero-order chi connectivity index (χ0) is 18.6. The van der Waals surface area contributed by atoms with Crippen LogP contribution in [0, 0.1) is 6.92 Å². The molecule has 132 valence electrons. The van der Waals surface area contributed by atoms with Gasteiger partial charge in [-0.3, -0.25) is 9.59 Å². The predicted molar refractivity (Wildman–Crippen MR) is 103 cm³/mol. The number of benzene rings is 2. The number of para-hydroxylation sites is 1. The zero-order valence-electron chi connectivity index (χ0n) is 15.6. The van der Waals surface area contributed by atoms with E-state index in [1.54, 1.807) is 0 Å². The number of aryl methyl sites for hydroxylation is 1. The average molecular weight is 338 g/mol. The van der Waals surface area contributed by atoms with Crippen LogP contribution in [-0.2, 0) is 15.0 Å². The largest absolute Gasteiger partial charge is 0.324 e. The van der Waals surface area contributed by atoms with Gasteiger partial charge in [0.25, 0.3) is 0 Å². The Morgan fingerprint density at radius 2 is 1.60 bits per heavy atom. The zero-order valence-corrected chi connectivity index (χ0v) is 15.6. The van der Waals surface area contributed by atoms with Crippen molar-refractivity contribution in [2.75, 3.05) is 16.8 Å². The maximum Gasteiger partial charge on any atom is 0.244 e. The van der Waals surface area contributed by atoms with Crippen LogP contribution in [0.15, 0.2) is 48.5 Å². The molecular weight excluding hydrogens is 312 g/mol. The fraction of sp³-hybridized carbons (Fsp3) is 0.333. The molecule has 0 radical (unpaired) electrons. The second-order valence-corrected chi connectivity index (χ2v) is 7.28. The molecule has 2 rings (SSSR count). The van der Waals surface area contributed by atoms with Crippen molar-refractivity contribution in [2.24, 2.45) is 0 Å². The molecule has 2 aromatic carbocycles. The molecule has 1 N–H and O–H groups in total. The molecule has 0 aromatic heterocycles. The Balaban J connectivity index is 2.18. The van der Waals surface area contributed by atoms with Crippen molar-refractivity contribution in [2.45, 2.75) is 40.0 Å². The van der Waals surface area contributed by atoms with E-state index in [9.17, 15) is 9.59 Å². The van der Waals surface area contributed by atoms with E-state index in [4.69, 9.17) is 0 Å². The van der Waals surface area contributed by atoms with E-state index in [0.717, 1.165) is 22.5 Å². The maximum atomic E-state index is 12.5. The maximum absolute atomic E-state index is 12.5. The summed E-state index contributed by atoms with van der Waals surface area (Å²) in [5.74, 6) is -0.379. The monoisotopic (exact) mass is 338 g/mol. The van der Waals surface area contributed by atoms with Gasteiger partial charge in [0.05, 0.1) is 0 Å². The first-order valence-electron chi connectivity index (χ1n) is 8.42. The van der Waals surface area contributed by atoms with Crippen molar-refractivity contribution in [3.63, 3.8) is 0 Å². The molecule has 25 heavy (non-hydrogen) atoms. The second kappa shape index (κ2) is 7.51. The number of rotatable bonds is 4. The van der Waals surface area contributed by atoms with E-state index < -0.39 is 0 Å². The number of carbonyl (C=O) groups excluding carboxylic acids is 2. The van der Waals surface area contributed by atoms with Gasteiger partial charge in [-0.15, -0.1) is 0 Å². The van der Waals surface area contributed by atoms with E-state index in [1.807, 2.05) is 55.5 Å². The number of amides is 2. The van der Waals surface area contributed by atoms with Crippen molar-refractivity contribution in [3.8, 4) is 0 Å². The molecule has 2 aromatic rings. The van der Waals surface area contributed by atoms with Crippen LogP contribution in [0.4, 0.5) is 11.4 Å². The summed E-state index contributed by atoms with van der Waals surface area (Å²) < 4.78 is 0. The minimum Gasteiger partial charge on any atom is -0.324 e. The number of nitrogens with one attached hydrogen (secondary N) is 1. The van der Waals surface area contributed by atoms with Crippen LogP contribution in [0.25, 0.3) is 0 Å². The summed E-state index contributed by atoms with van der Waals surface area (Å²) in [5, 5.41) is 2.95. The summed E-state index contributed by atoms with van der Waals surface area (Å²) in [7, 11) is 0. The third kappa shape index (κ3) is 4.92. The van der Waals surface area contributed by atoms with Gasteiger partial charge in [-0.2, -0.15) is 0 Å². The lowest BCUT2D eigenvalue weighted by Crippen LogP contribution is -2.37. The number of hydrogen-bond donors (Lipinski definition) is 1. The molecule has 0 atom stereocenters. The van der Waals surface area contributed by atoms with Crippen LogP contribution < -0.4 is 10.2 Å². The molecule has 0 spiro atoms. The SMILES string of the molecule is CC(=O)N(CC(=O)Nc1ccccc1C(C)(C)C)c1ccc(C)cc1. The molecule has 0 heterocycles. The molecule has 4 heteroatoms. The Kier molecular flexibility index (Phi) is 5.62. The first-order valence-corrected chi connectivity index (χ1v) is 8.42. The fourth-order valence-electron chi connectivity index (χ4n) is 2.69. The van der Waals surface area contributed by atoms with Crippen molar-refractivity contribution in [3.05, 3.63) is 59.7 Å². The van der Waals surface area contributed by atoms with Gasteiger partial charge in [0.15, 0.2) is 0 Å². The van der Waals surface area contributed by atoms with Gasteiger partial charge in [-0.05, 0) is 36.1 Å². The van der Waals surface area contributed by atoms with Gasteiger partial charge in [0.1, 0.15) is 6.54 Å². The molecule has 2 amide bonds. The Morgan fingerprint density at radius 3 is 2.16 bits per heavy atom. The molecule has 0 aliphatic carbocycles. The molecule has 4 nitrogen and oxygen atoms in total. The van der Waals surface area contributed by atoms with Crippen molar-refractivity contribution in [1.29, 1.82) is 0 Å². The first-order chi connectivity index (χ1) is 11.7. The van der Waals surface area contributed by atoms with E-state index in [1.165, 1.54) is 11.8 Å². The minimum absolute atomic E-state index is 0.0170. The summed E-state index contributed by atoms with van der Waals surface area (Å²) in [6.07, 6.45) is 0. The number of nitrogens with zero attached hydrogens (tertiary/aromatic N) is 1. The predicted octanol–water partition coefficient (Wildman–Crippen LogP) is 4.28. The van der Waals surface area contributed by atoms with Gasteiger partial charge in [0.2, 0.25) is 11.8 Å². The quantitative estimate of drug-likeness (QED) is 0.904. The molecule has 0 fully saturated rings. The van der Waals surface area contributed by atoms with Crippen LogP contribution >= 0.6 is 0 Å². The highest BCUT2D eigenvalue weighted by molar-refractivity contribution is 6.02. The van der Waals surface area contributed by atoms with Crippen LogP contribution in [0.5, 0.6) is 0 Å². The first kappa shape index (κ1) is 18.7. The van der Waals surface area contributed by atoms with E-state index >= 15 is 0 Å². The molecule has 0 saturated carbocycles. The molecule has 0 aliphatic rings. The number of anilines is 2. The van der Waals surface area contributed by atoms with Gasteiger partial charge < -0.3 is 10.2 Å². The van der Waals surface area contributed by atoms with Crippen molar-refractivity contribution >= 4 is 23.2 Å². The van der Waals surface area contributed by atoms with Gasteiger partial charge in [-0.1, -0.05) is 56.7 Å². The van der Waals surface area contributed by atoms with Crippen LogP contribution in [0.1, 0.15) is 38.8 Å². The third-order valence-electron chi connectivity index (χ3n) is 4.04. The Labute approximate surface area is 149 Å². The van der Waals surface area contributed by atoms with Gasteiger partial charge in [-0.25, -0.2) is 0 Å². The van der Waals surface area contributed by atoms with E-state index in [2.05, 4.69) is 26.1 Å². The van der Waals surface area contributed by atoms with E-state index in [-0.39, 0.29) is 23.8 Å². The van der Waals surface area contributed by atoms with Gasteiger partial charge >= 0.3 is 0 Å². The average Bonchev–Trinajstić information content (AvgIpc) is 2.53. The van der Waals surface area contributed by atoms with Gasteiger partial charge in [0, 0.05) is 18.3 Å². The molecule has 0 aliphatic heterocycles. The minimum atomic E-state index is -0.215. The summed E-state index contributed by atoms with van der Waals surface area (Å²) in [6.45, 7) is 9.75. The summed E-state index contributed by atoms with van der Waals surface area (Å²) >= 11 is 0. The Bertz CT molecular complexity index is 758. The van der Waals surface area contributed by atoms with Crippen molar-refractivity contribution in [1.82, 2.24) is 0 Å². The lowest BCUT2D eigenvalue weighted by atomic mass is 9.86. The Morgan fingerprint density at radius 1 is 1.00 bits per heavy atom. The molecule has 0 saturated heterocycles. The molecule has 0 bridgehead atoms. The molecular formula is C21H26N2O2.